The summed E-state index contributed by atoms with van der Waals surface area (Å²) in [7, 11) is -0.435. The molecule has 3 heteroatoms. The highest BCUT2D eigenvalue weighted by atomic mass is 31.1. The van der Waals surface area contributed by atoms with Gasteiger partial charge in [0, 0.05) is 6.10 Å². The van der Waals surface area contributed by atoms with Crippen LogP contribution in [0.3, 0.4) is 0 Å². The van der Waals surface area contributed by atoms with Gasteiger partial charge in [-0.05, 0) is 35.4 Å². The van der Waals surface area contributed by atoms with Gasteiger partial charge in [-0.25, -0.2) is 0 Å². The van der Waals surface area contributed by atoms with E-state index in [1.807, 2.05) is 0 Å². The summed E-state index contributed by atoms with van der Waals surface area (Å²) >= 11 is 0. The molecule has 2 unspecified atom stereocenters. The Hall–Kier alpha value is 0.607. The first kappa shape index (κ1) is 14.7. The van der Waals surface area contributed by atoms with E-state index in [0.717, 1.165) is 25.2 Å². The van der Waals surface area contributed by atoms with Crippen LogP contribution in [0.1, 0.15) is 48.0 Å². The summed E-state index contributed by atoms with van der Waals surface area (Å²) in [5.41, 5.74) is 2.20. The fraction of sp³-hybridized carbons (Fsp3) is 1.00. The van der Waals surface area contributed by atoms with Crippen LogP contribution in [0.5, 0.6) is 0 Å². The number of hydrogen-bond acceptors (Lipinski definition) is 1. The Bertz CT molecular complexity index is 188. The molecule has 16 heavy (non-hydrogen) atoms. The van der Waals surface area contributed by atoms with E-state index in [2.05, 4.69) is 41.5 Å². The molecule has 0 aromatic carbocycles. The minimum atomic E-state index is -1.59. The van der Waals surface area contributed by atoms with E-state index < -0.39 is 8.32 Å². The smallest absolute Gasteiger partial charge is 0.200 e. The highest BCUT2D eigenvalue weighted by molar-refractivity contribution is 7.38. The molecule has 1 aliphatic rings. The van der Waals surface area contributed by atoms with Gasteiger partial charge in [0.2, 0.25) is 8.32 Å². The van der Waals surface area contributed by atoms with Gasteiger partial charge in [-0.1, -0.05) is 41.5 Å². The average molecular weight is 260 g/mol. The molecule has 0 spiro atoms. The summed E-state index contributed by atoms with van der Waals surface area (Å²) < 4.78 is 6.73. The van der Waals surface area contributed by atoms with Gasteiger partial charge in [-0.15, -0.1) is 8.58 Å². The first-order chi connectivity index (χ1) is 7.41. The zero-order valence-electron chi connectivity index (χ0n) is 11.8. The van der Waals surface area contributed by atoms with Gasteiger partial charge >= 0.3 is 0 Å². The molecule has 0 saturated carbocycles. The van der Waals surface area contributed by atoms with Crippen molar-refractivity contribution in [1.82, 2.24) is 0 Å². The summed E-state index contributed by atoms with van der Waals surface area (Å²) in [6.07, 6.45) is 4.65. The molecule has 1 fully saturated rings. The highest BCUT2D eigenvalue weighted by Gasteiger charge is 2.46. The van der Waals surface area contributed by atoms with Crippen LogP contribution in [0.4, 0.5) is 0 Å². The summed E-state index contributed by atoms with van der Waals surface area (Å²) in [5, 5.41) is 0. The van der Waals surface area contributed by atoms with Crippen molar-refractivity contribution in [1.29, 1.82) is 0 Å². The summed E-state index contributed by atoms with van der Waals surface area (Å²) in [6.45, 7) is 14.3. The highest BCUT2D eigenvalue weighted by Crippen LogP contribution is 2.44. The van der Waals surface area contributed by atoms with Gasteiger partial charge in [0.15, 0.2) is 0 Å². The molecule has 1 nitrogen and oxygen atoms in total. The third kappa shape index (κ3) is 2.89. The monoisotopic (exact) mass is 260 g/mol. The minimum absolute atomic E-state index is 0.595. The molecular weight excluding hydrogens is 231 g/mol. The molecule has 96 valence electrons. The van der Waals surface area contributed by atoms with Crippen molar-refractivity contribution in [3.63, 3.8) is 0 Å². The summed E-state index contributed by atoms with van der Waals surface area (Å²) in [5.74, 6) is 0. The molecule has 0 bridgehead atoms. The van der Waals surface area contributed by atoms with E-state index in [4.69, 9.17) is 4.43 Å². The Kier molecular flexibility index (Phi) is 5.48. The maximum atomic E-state index is 6.73. The average Bonchev–Trinajstić information content (AvgIpc) is 2.64. The Morgan fingerprint density at radius 1 is 1.00 bits per heavy atom. The molecule has 0 N–H and O–H groups in total. The Morgan fingerprint density at radius 2 is 1.50 bits per heavy atom. The Morgan fingerprint density at radius 3 is 1.81 bits per heavy atom. The maximum absolute atomic E-state index is 6.73. The molecule has 0 aliphatic carbocycles. The lowest BCUT2D eigenvalue weighted by molar-refractivity contribution is 0.198. The van der Waals surface area contributed by atoms with Crippen LogP contribution in [0, 0.1) is 0 Å². The van der Waals surface area contributed by atoms with Crippen LogP contribution in [0.2, 0.25) is 16.6 Å². The normalized spacial score (nSPS) is 24.2. The molecule has 0 amide bonds. The lowest BCUT2D eigenvalue weighted by Crippen LogP contribution is -2.50. The van der Waals surface area contributed by atoms with Crippen molar-refractivity contribution < 1.29 is 4.43 Å². The largest absolute Gasteiger partial charge is 0.413 e. The fourth-order valence-electron chi connectivity index (χ4n) is 3.43. The van der Waals surface area contributed by atoms with E-state index in [0.29, 0.717) is 6.10 Å². The first-order valence-electron chi connectivity index (χ1n) is 6.79. The second-order valence-corrected chi connectivity index (χ2v) is 12.9. The van der Waals surface area contributed by atoms with Crippen LogP contribution < -0.4 is 0 Å². The van der Waals surface area contributed by atoms with E-state index in [9.17, 15) is 0 Å². The molecule has 0 radical (unpaired) electrons. The van der Waals surface area contributed by atoms with Crippen LogP contribution in [-0.2, 0) is 4.43 Å². The number of hydrogen-bond donors (Lipinski definition) is 0. The van der Waals surface area contributed by atoms with Crippen molar-refractivity contribution >= 4 is 16.9 Å². The first-order valence-corrected chi connectivity index (χ1v) is 10.3. The Labute approximate surface area is 105 Å². The number of rotatable bonds is 5. The third-order valence-electron chi connectivity index (χ3n) is 4.09. The topological polar surface area (TPSA) is 9.23 Å². The van der Waals surface area contributed by atoms with Gasteiger partial charge in [0.25, 0.3) is 0 Å². The van der Waals surface area contributed by atoms with Crippen LogP contribution >= 0.6 is 8.58 Å². The van der Waals surface area contributed by atoms with Gasteiger partial charge < -0.3 is 4.43 Å². The van der Waals surface area contributed by atoms with Crippen molar-refractivity contribution in [2.45, 2.75) is 70.7 Å². The minimum Gasteiger partial charge on any atom is -0.413 e. The summed E-state index contributed by atoms with van der Waals surface area (Å²) in [4.78, 5) is 0. The fourth-order valence-corrected chi connectivity index (χ4v) is 10.5. The molecule has 1 rings (SSSR count). The quantitative estimate of drug-likeness (QED) is 0.517. The second kappa shape index (κ2) is 5.98. The maximum Gasteiger partial charge on any atom is 0.200 e. The predicted molar refractivity (Wildman–Crippen MR) is 78.6 cm³/mol. The van der Waals surface area contributed by atoms with Crippen molar-refractivity contribution in [3.05, 3.63) is 0 Å². The second-order valence-electron chi connectivity index (χ2n) is 6.05. The van der Waals surface area contributed by atoms with Crippen LogP contribution in [0.25, 0.3) is 0 Å². The third-order valence-corrected chi connectivity index (χ3v) is 11.6. The van der Waals surface area contributed by atoms with Gasteiger partial charge in [0.1, 0.15) is 0 Å². The zero-order chi connectivity index (χ0) is 12.3. The zero-order valence-corrected chi connectivity index (χ0v) is 13.8. The molecule has 0 aromatic heterocycles. The van der Waals surface area contributed by atoms with Gasteiger partial charge in [0.05, 0.1) is 0 Å². The molecule has 2 atom stereocenters. The SMILES string of the molecule is CC(C)[Si](OC1CCPC1)(C(C)C)C(C)C. The molecule has 1 aliphatic heterocycles. The van der Waals surface area contributed by atoms with Gasteiger partial charge in [-0.3, -0.25) is 0 Å². The van der Waals surface area contributed by atoms with Crippen molar-refractivity contribution in [2.75, 3.05) is 12.3 Å². The van der Waals surface area contributed by atoms with E-state index in [1.165, 1.54) is 18.7 Å². The van der Waals surface area contributed by atoms with E-state index in [-0.39, 0.29) is 0 Å². The van der Waals surface area contributed by atoms with Crippen LogP contribution in [-0.4, -0.2) is 26.7 Å². The van der Waals surface area contributed by atoms with Crippen molar-refractivity contribution in [2.24, 2.45) is 0 Å². The molecule has 1 saturated heterocycles. The van der Waals surface area contributed by atoms with Crippen LogP contribution in [0.15, 0.2) is 0 Å². The van der Waals surface area contributed by atoms with Gasteiger partial charge in [-0.2, -0.15) is 0 Å². The predicted octanol–water partition coefficient (Wildman–Crippen LogP) is 4.63. The lowest BCUT2D eigenvalue weighted by atomic mass is 10.3. The van der Waals surface area contributed by atoms with E-state index >= 15 is 0 Å². The molecular formula is C13H29OPSi. The molecule has 1 heterocycles. The standard InChI is InChI=1S/C13H29OPSi/c1-10(2)16(11(3)4,12(5)6)14-13-7-8-15-9-13/h10-13,15H,7-9H2,1-6H3. The van der Waals surface area contributed by atoms with E-state index in [1.54, 1.807) is 0 Å². The van der Waals surface area contributed by atoms with Crippen molar-refractivity contribution in [3.8, 4) is 0 Å². The Balaban J connectivity index is 2.82. The lowest BCUT2D eigenvalue weighted by Gasteiger charge is -2.44. The summed E-state index contributed by atoms with van der Waals surface area (Å²) in [6, 6.07) is 0. The molecule has 0 aromatic rings.